The summed E-state index contributed by atoms with van der Waals surface area (Å²) in [5, 5.41) is 0. The maximum atomic E-state index is 11.7. The molecular weight excluding hydrogens is 316 g/mol. The Morgan fingerprint density at radius 1 is 1.00 bits per heavy atom. The molecule has 0 aromatic heterocycles. The maximum Gasteiger partial charge on any atom is 0.133 e. The second kappa shape index (κ2) is 12.1. The summed E-state index contributed by atoms with van der Waals surface area (Å²) in [6, 6.07) is 0. The number of allylic oxidation sites excluding steroid dienone is 8. The third kappa shape index (κ3) is 9.36. The topological polar surface area (TPSA) is 17.1 Å². The first kappa shape index (κ1) is 22.7. The Bertz CT molecular complexity index is 567. The van der Waals surface area contributed by atoms with Gasteiger partial charge in [0.15, 0.2) is 0 Å². The molecular formula is C25H40O. The second-order valence-electron chi connectivity index (χ2n) is 8.47. The average Bonchev–Trinajstić information content (AvgIpc) is 3.00. The summed E-state index contributed by atoms with van der Waals surface area (Å²) in [6.45, 7) is 13.2. The summed E-state index contributed by atoms with van der Waals surface area (Å²) in [5.74, 6) is 1.54. The van der Waals surface area contributed by atoms with Crippen LogP contribution in [0.5, 0.6) is 0 Å². The Labute approximate surface area is 162 Å². The van der Waals surface area contributed by atoms with Gasteiger partial charge in [0, 0.05) is 12.8 Å². The number of rotatable bonds is 10. The summed E-state index contributed by atoms with van der Waals surface area (Å²) in [6.07, 6.45) is 17.8. The Balaban J connectivity index is 2.50. The Morgan fingerprint density at radius 3 is 2.15 bits per heavy atom. The van der Waals surface area contributed by atoms with Crippen molar-refractivity contribution < 1.29 is 4.79 Å². The van der Waals surface area contributed by atoms with Gasteiger partial charge >= 0.3 is 0 Å². The van der Waals surface area contributed by atoms with Crippen LogP contribution >= 0.6 is 0 Å². The fraction of sp³-hybridized carbons (Fsp3) is 0.640. The van der Waals surface area contributed by atoms with Crippen molar-refractivity contribution in [3.05, 3.63) is 46.6 Å². The van der Waals surface area contributed by atoms with Gasteiger partial charge in [-0.1, -0.05) is 46.6 Å². The van der Waals surface area contributed by atoms with E-state index < -0.39 is 0 Å². The minimum Gasteiger partial charge on any atom is -0.300 e. The summed E-state index contributed by atoms with van der Waals surface area (Å²) < 4.78 is 0. The smallest absolute Gasteiger partial charge is 0.133 e. The van der Waals surface area contributed by atoms with Gasteiger partial charge in [0.1, 0.15) is 5.78 Å². The van der Waals surface area contributed by atoms with Gasteiger partial charge in [0.2, 0.25) is 0 Å². The molecule has 1 fully saturated rings. The molecule has 1 rings (SSSR count). The molecule has 0 heterocycles. The summed E-state index contributed by atoms with van der Waals surface area (Å²) in [5.41, 5.74) is 5.82. The summed E-state index contributed by atoms with van der Waals surface area (Å²) >= 11 is 0. The van der Waals surface area contributed by atoms with Gasteiger partial charge in [-0.25, -0.2) is 0 Å². The van der Waals surface area contributed by atoms with Crippen LogP contribution in [0.3, 0.4) is 0 Å². The van der Waals surface area contributed by atoms with Crippen LogP contribution in [-0.2, 0) is 4.79 Å². The van der Waals surface area contributed by atoms with Crippen molar-refractivity contribution in [2.24, 2.45) is 11.8 Å². The van der Waals surface area contributed by atoms with Crippen LogP contribution in [0.25, 0.3) is 0 Å². The molecule has 2 unspecified atom stereocenters. The predicted octanol–water partition coefficient (Wildman–Crippen LogP) is 7.75. The summed E-state index contributed by atoms with van der Waals surface area (Å²) in [7, 11) is 0. The first-order valence-electron chi connectivity index (χ1n) is 10.4. The van der Waals surface area contributed by atoms with Gasteiger partial charge in [-0.05, 0) is 91.9 Å². The van der Waals surface area contributed by atoms with E-state index in [0.29, 0.717) is 17.6 Å². The fourth-order valence-electron chi connectivity index (χ4n) is 3.79. The number of carbonyl (C=O) groups is 1. The normalized spacial score (nSPS) is 20.5. The highest BCUT2D eigenvalue weighted by Gasteiger charge is 2.28. The van der Waals surface area contributed by atoms with Crippen molar-refractivity contribution in [3.8, 4) is 0 Å². The molecule has 1 heteroatoms. The number of ketones is 1. The van der Waals surface area contributed by atoms with Crippen LogP contribution in [0, 0.1) is 11.8 Å². The number of carbonyl (C=O) groups excluding carboxylic acids is 1. The Kier molecular flexibility index (Phi) is 10.5. The quantitative estimate of drug-likeness (QED) is 0.366. The van der Waals surface area contributed by atoms with E-state index in [1.54, 1.807) is 0 Å². The average molecular weight is 357 g/mol. The van der Waals surface area contributed by atoms with Crippen LogP contribution in [0.2, 0.25) is 0 Å². The molecule has 0 bridgehead atoms. The maximum absolute atomic E-state index is 11.7. The molecule has 0 aromatic carbocycles. The highest BCUT2D eigenvalue weighted by atomic mass is 16.1. The van der Waals surface area contributed by atoms with Crippen molar-refractivity contribution in [1.82, 2.24) is 0 Å². The van der Waals surface area contributed by atoms with Crippen molar-refractivity contribution in [2.45, 2.75) is 92.9 Å². The van der Waals surface area contributed by atoms with Crippen LogP contribution < -0.4 is 0 Å². The lowest BCUT2D eigenvalue weighted by Gasteiger charge is -2.20. The molecule has 0 aromatic rings. The fourth-order valence-corrected chi connectivity index (χ4v) is 3.79. The largest absolute Gasteiger partial charge is 0.300 e. The highest BCUT2D eigenvalue weighted by molar-refractivity contribution is 5.80. The second-order valence-corrected chi connectivity index (χ2v) is 8.47. The van der Waals surface area contributed by atoms with E-state index in [2.05, 4.69) is 65.8 Å². The zero-order valence-corrected chi connectivity index (χ0v) is 18.0. The lowest BCUT2D eigenvalue weighted by molar-refractivity contribution is -0.117. The van der Waals surface area contributed by atoms with Gasteiger partial charge in [-0.3, -0.25) is 4.79 Å². The summed E-state index contributed by atoms with van der Waals surface area (Å²) in [4.78, 5) is 11.7. The molecule has 0 spiro atoms. The van der Waals surface area contributed by atoms with Gasteiger partial charge in [-0.15, -0.1) is 0 Å². The minimum absolute atomic E-state index is 0.456. The number of Topliss-reactive ketones (excluding diaryl/α,β-unsaturated/α-hetero) is 1. The van der Waals surface area contributed by atoms with Crippen LogP contribution in [0.15, 0.2) is 46.6 Å². The monoisotopic (exact) mass is 356 g/mol. The molecule has 1 nitrogen and oxygen atoms in total. The molecule has 1 aliphatic rings. The number of hydrogen-bond donors (Lipinski definition) is 0. The third-order valence-corrected chi connectivity index (χ3v) is 5.55. The van der Waals surface area contributed by atoms with Gasteiger partial charge in [0.05, 0.1) is 0 Å². The first-order chi connectivity index (χ1) is 12.3. The zero-order chi connectivity index (χ0) is 19.5. The van der Waals surface area contributed by atoms with E-state index in [4.69, 9.17) is 0 Å². The number of hydrogen-bond acceptors (Lipinski definition) is 1. The minimum atomic E-state index is 0.456. The van der Waals surface area contributed by atoms with Crippen molar-refractivity contribution in [1.29, 1.82) is 0 Å². The van der Waals surface area contributed by atoms with Crippen LogP contribution in [-0.4, -0.2) is 5.78 Å². The SMILES string of the molecule is C/C=C(\C)CC/C=C(\C)CC/C=C(\C)CC(C=C(C)C)C1CCC(=O)C1. The van der Waals surface area contributed by atoms with Crippen LogP contribution in [0.4, 0.5) is 0 Å². The molecule has 0 N–H and O–H groups in total. The predicted molar refractivity (Wildman–Crippen MR) is 115 cm³/mol. The molecule has 26 heavy (non-hydrogen) atoms. The van der Waals surface area contributed by atoms with Crippen LogP contribution in [0.1, 0.15) is 92.9 Å². The molecule has 0 radical (unpaired) electrons. The van der Waals surface area contributed by atoms with E-state index in [1.807, 2.05) is 0 Å². The molecule has 1 saturated carbocycles. The lowest BCUT2D eigenvalue weighted by atomic mass is 9.84. The van der Waals surface area contributed by atoms with E-state index in [-0.39, 0.29) is 0 Å². The van der Waals surface area contributed by atoms with Gasteiger partial charge in [-0.2, -0.15) is 0 Å². The molecule has 146 valence electrons. The standard InChI is InChI=1S/C25H40O/c1-7-20(4)10-8-11-21(5)12-9-13-22(6)17-24(16-19(2)3)23-14-15-25(26)18-23/h7,11,13,16,23-24H,8-10,12,14-15,17-18H2,1-6H3/b20-7+,21-11+,22-13+. The van der Waals surface area contributed by atoms with E-state index >= 15 is 0 Å². The molecule has 0 saturated heterocycles. The lowest BCUT2D eigenvalue weighted by Crippen LogP contribution is -2.11. The molecule has 0 aliphatic heterocycles. The Hall–Kier alpha value is -1.37. The van der Waals surface area contributed by atoms with Gasteiger partial charge in [0.25, 0.3) is 0 Å². The van der Waals surface area contributed by atoms with Gasteiger partial charge < -0.3 is 0 Å². The third-order valence-electron chi connectivity index (χ3n) is 5.55. The first-order valence-corrected chi connectivity index (χ1v) is 10.4. The molecule has 0 amide bonds. The van der Waals surface area contributed by atoms with E-state index in [1.165, 1.54) is 28.7 Å². The van der Waals surface area contributed by atoms with E-state index in [0.717, 1.165) is 44.9 Å². The van der Waals surface area contributed by atoms with Crippen molar-refractivity contribution in [2.75, 3.05) is 0 Å². The zero-order valence-electron chi connectivity index (χ0n) is 18.0. The van der Waals surface area contributed by atoms with Crippen molar-refractivity contribution in [3.63, 3.8) is 0 Å². The highest BCUT2D eigenvalue weighted by Crippen LogP contribution is 2.34. The van der Waals surface area contributed by atoms with Crippen molar-refractivity contribution >= 4 is 5.78 Å². The molecule has 1 aliphatic carbocycles. The van der Waals surface area contributed by atoms with E-state index in [9.17, 15) is 4.79 Å². The molecule has 2 atom stereocenters. The Morgan fingerprint density at radius 2 is 1.62 bits per heavy atom.